The molecule has 2 heterocycles. The van der Waals surface area contributed by atoms with Crippen molar-refractivity contribution in [3.8, 4) is 0 Å². The van der Waals surface area contributed by atoms with Crippen molar-refractivity contribution in [3.05, 3.63) is 35.0 Å². The van der Waals surface area contributed by atoms with Gasteiger partial charge in [0.25, 0.3) is 0 Å². The maximum absolute atomic E-state index is 6.16. The van der Waals surface area contributed by atoms with Gasteiger partial charge in [-0.2, -0.15) is 0 Å². The Hall–Kier alpha value is -1.03. The minimum Gasteiger partial charge on any atom is -0.444 e. The zero-order valence-corrected chi connectivity index (χ0v) is 11.1. The summed E-state index contributed by atoms with van der Waals surface area (Å²) in [6, 6.07) is 7.92. The zero-order chi connectivity index (χ0) is 12.6. The maximum atomic E-state index is 6.16. The molecule has 1 N–H and O–H groups in total. The van der Waals surface area contributed by atoms with Crippen molar-refractivity contribution in [3.63, 3.8) is 0 Å². The smallest absolute Gasteiger partial charge is 0.199 e. The van der Waals surface area contributed by atoms with Gasteiger partial charge in [0.15, 0.2) is 5.22 Å². The number of ether oxygens (including phenoxy) is 1. The monoisotopic (exact) mass is 265 g/mol. The van der Waals surface area contributed by atoms with E-state index in [0.717, 1.165) is 36.2 Å². The fraction of sp³-hybridized carbons (Fsp3) is 0.429. The van der Waals surface area contributed by atoms with E-state index in [0.29, 0.717) is 11.8 Å². The van der Waals surface area contributed by atoms with Crippen molar-refractivity contribution in [1.29, 1.82) is 0 Å². The summed E-state index contributed by atoms with van der Waals surface area (Å²) in [6.45, 7) is 4.45. The van der Waals surface area contributed by atoms with Gasteiger partial charge < -0.3 is 14.5 Å². The van der Waals surface area contributed by atoms with E-state index < -0.39 is 0 Å². The first-order valence-electron chi connectivity index (χ1n) is 6.17. The minimum atomic E-state index is 0.0434. The number of furan rings is 1. The van der Waals surface area contributed by atoms with Gasteiger partial charge in [-0.1, -0.05) is 18.2 Å². The van der Waals surface area contributed by atoms with Gasteiger partial charge in [0.2, 0.25) is 0 Å². The quantitative estimate of drug-likeness (QED) is 0.924. The molecule has 1 aliphatic rings. The van der Waals surface area contributed by atoms with Crippen LogP contribution in [0, 0.1) is 0 Å². The van der Waals surface area contributed by atoms with Gasteiger partial charge in [0.1, 0.15) is 5.58 Å². The fourth-order valence-corrected chi connectivity index (χ4v) is 2.59. The second-order valence-corrected chi connectivity index (χ2v) is 5.41. The Morgan fingerprint density at radius 2 is 2.22 bits per heavy atom. The Morgan fingerprint density at radius 3 is 3.00 bits per heavy atom. The molecular formula is C14H16ClNO2. The van der Waals surface area contributed by atoms with Crippen molar-refractivity contribution >= 4 is 22.6 Å². The minimum absolute atomic E-state index is 0.0434. The molecule has 1 aromatic heterocycles. The Morgan fingerprint density at radius 1 is 1.39 bits per heavy atom. The third kappa shape index (κ3) is 2.14. The van der Waals surface area contributed by atoms with Crippen LogP contribution in [0.5, 0.6) is 0 Å². The molecule has 0 radical (unpaired) electrons. The number of rotatable bonds is 3. The summed E-state index contributed by atoms with van der Waals surface area (Å²) in [4.78, 5) is 0. The van der Waals surface area contributed by atoms with E-state index in [-0.39, 0.29) is 5.54 Å². The number of nitrogens with one attached hydrogen (secondary N) is 1. The Balaban J connectivity index is 1.84. The predicted octanol–water partition coefficient (Wildman–Crippen LogP) is 3.35. The van der Waals surface area contributed by atoms with Crippen LogP contribution in [-0.4, -0.2) is 18.8 Å². The zero-order valence-electron chi connectivity index (χ0n) is 10.3. The van der Waals surface area contributed by atoms with Crippen molar-refractivity contribution < 1.29 is 9.15 Å². The molecule has 2 aromatic rings. The highest BCUT2D eigenvalue weighted by Crippen LogP contribution is 2.30. The first kappa shape index (κ1) is 12.0. The highest BCUT2D eigenvalue weighted by Gasteiger charge is 2.29. The van der Waals surface area contributed by atoms with Crippen LogP contribution in [0.25, 0.3) is 11.0 Å². The van der Waals surface area contributed by atoms with E-state index in [9.17, 15) is 0 Å². The summed E-state index contributed by atoms with van der Waals surface area (Å²) in [5, 5.41) is 5.08. The molecule has 96 valence electrons. The highest BCUT2D eigenvalue weighted by atomic mass is 35.5. The third-order valence-electron chi connectivity index (χ3n) is 3.56. The molecule has 1 atom stereocenters. The molecule has 1 fully saturated rings. The van der Waals surface area contributed by atoms with E-state index in [1.165, 1.54) is 0 Å². The Kier molecular flexibility index (Phi) is 3.06. The molecule has 4 heteroatoms. The van der Waals surface area contributed by atoms with E-state index in [4.69, 9.17) is 20.8 Å². The third-order valence-corrected chi connectivity index (χ3v) is 3.87. The van der Waals surface area contributed by atoms with Gasteiger partial charge in [0.05, 0.1) is 6.61 Å². The molecule has 1 aromatic carbocycles. The lowest BCUT2D eigenvalue weighted by Gasteiger charge is -2.23. The molecule has 1 saturated heterocycles. The molecule has 0 saturated carbocycles. The van der Waals surface area contributed by atoms with Crippen molar-refractivity contribution in [2.24, 2.45) is 0 Å². The summed E-state index contributed by atoms with van der Waals surface area (Å²) in [7, 11) is 0. The van der Waals surface area contributed by atoms with Crippen LogP contribution in [0.3, 0.4) is 0 Å². The molecular weight excluding hydrogens is 250 g/mol. The number of hydrogen-bond donors (Lipinski definition) is 1. The molecule has 3 rings (SSSR count). The topological polar surface area (TPSA) is 34.4 Å². The molecule has 18 heavy (non-hydrogen) atoms. The number of benzene rings is 1. The summed E-state index contributed by atoms with van der Waals surface area (Å²) < 4.78 is 11.0. The number of fused-ring (bicyclic) bond motifs is 1. The van der Waals surface area contributed by atoms with Gasteiger partial charge in [-0.3, -0.25) is 0 Å². The van der Waals surface area contributed by atoms with E-state index >= 15 is 0 Å². The average Bonchev–Trinajstić information content (AvgIpc) is 2.91. The molecule has 0 bridgehead atoms. The normalized spacial score (nSPS) is 23.9. The summed E-state index contributed by atoms with van der Waals surface area (Å²) in [5.74, 6) is 0. The van der Waals surface area contributed by atoms with Crippen LogP contribution in [0.15, 0.2) is 28.7 Å². The van der Waals surface area contributed by atoms with E-state index in [1.54, 1.807) is 0 Å². The lowest BCUT2D eigenvalue weighted by Crippen LogP contribution is -2.42. The predicted molar refractivity (Wildman–Crippen MR) is 71.9 cm³/mol. The number of hydrogen-bond acceptors (Lipinski definition) is 3. The molecule has 1 unspecified atom stereocenters. The Labute approximate surface area is 111 Å². The first-order chi connectivity index (χ1) is 8.68. The van der Waals surface area contributed by atoms with Gasteiger partial charge in [0, 0.05) is 29.6 Å². The highest BCUT2D eigenvalue weighted by molar-refractivity contribution is 6.30. The molecule has 3 nitrogen and oxygen atoms in total. The van der Waals surface area contributed by atoms with Crippen LogP contribution in [0.4, 0.5) is 0 Å². The summed E-state index contributed by atoms with van der Waals surface area (Å²) in [5.41, 5.74) is 1.91. The van der Waals surface area contributed by atoms with Crippen molar-refractivity contribution in [1.82, 2.24) is 5.32 Å². The summed E-state index contributed by atoms with van der Waals surface area (Å²) >= 11 is 6.16. The van der Waals surface area contributed by atoms with Crippen molar-refractivity contribution in [2.45, 2.75) is 25.4 Å². The van der Waals surface area contributed by atoms with Crippen LogP contribution < -0.4 is 5.32 Å². The van der Waals surface area contributed by atoms with Crippen molar-refractivity contribution in [2.75, 3.05) is 13.2 Å². The molecule has 1 aliphatic heterocycles. The number of para-hydroxylation sites is 1. The first-order valence-corrected chi connectivity index (χ1v) is 6.54. The number of halogens is 1. The second kappa shape index (κ2) is 4.57. The van der Waals surface area contributed by atoms with Gasteiger partial charge in [-0.15, -0.1) is 0 Å². The summed E-state index contributed by atoms with van der Waals surface area (Å²) in [6.07, 6.45) is 1.03. The largest absolute Gasteiger partial charge is 0.444 e. The van der Waals surface area contributed by atoms with Crippen LogP contribution in [-0.2, 0) is 11.3 Å². The lowest BCUT2D eigenvalue weighted by molar-refractivity contribution is 0.171. The molecule has 0 amide bonds. The second-order valence-electron chi connectivity index (χ2n) is 5.07. The molecule has 0 spiro atoms. The molecule has 0 aliphatic carbocycles. The van der Waals surface area contributed by atoms with Crippen LogP contribution >= 0.6 is 11.6 Å². The van der Waals surface area contributed by atoms with Crippen LogP contribution in [0.2, 0.25) is 5.22 Å². The standard InChI is InChI=1S/C14H16ClNO2/c1-14(6-7-17-9-14)16-8-11-10-4-2-3-5-12(10)18-13(11)15/h2-5,16H,6-9H2,1H3. The fourth-order valence-electron chi connectivity index (χ4n) is 2.34. The average molecular weight is 266 g/mol. The van der Waals surface area contributed by atoms with Gasteiger partial charge in [-0.05, 0) is 31.0 Å². The Bertz CT molecular complexity index is 558. The maximum Gasteiger partial charge on any atom is 0.199 e. The van der Waals surface area contributed by atoms with E-state index in [1.807, 2.05) is 24.3 Å². The lowest BCUT2D eigenvalue weighted by atomic mass is 10.0. The van der Waals surface area contributed by atoms with Gasteiger partial charge in [-0.25, -0.2) is 0 Å². The SMILES string of the molecule is CC1(NCc2c(Cl)oc3ccccc23)CCOC1. The van der Waals surface area contributed by atoms with E-state index in [2.05, 4.69) is 12.2 Å². The van der Waals surface area contributed by atoms with Crippen LogP contribution in [0.1, 0.15) is 18.9 Å². The van der Waals surface area contributed by atoms with Gasteiger partial charge >= 0.3 is 0 Å².